The molecule has 0 aromatic heterocycles. The van der Waals surface area contributed by atoms with Crippen LogP contribution in [-0.2, 0) is 6.42 Å². The molecule has 4 heteroatoms. The van der Waals surface area contributed by atoms with Crippen LogP contribution in [-0.4, -0.2) is 11.4 Å². The van der Waals surface area contributed by atoms with Crippen LogP contribution in [0.5, 0.6) is 0 Å². The normalized spacial score (nSPS) is 12.4. The fraction of sp³-hybridized carbons (Fsp3) is 0.200. The van der Waals surface area contributed by atoms with Crippen molar-refractivity contribution in [1.29, 1.82) is 0 Å². The molecule has 2 aromatic rings. The van der Waals surface area contributed by atoms with Gasteiger partial charge in [0.2, 0.25) is 0 Å². The molecule has 0 amide bonds. The van der Waals surface area contributed by atoms with Gasteiger partial charge in [0.15, 0.2) is 0 Å². The molecule has 0 heterocycles. The minimum absolute atomic E-state index is 0.0998. The van der Waals surface area contributed by atoms with E-state index in [9.17, 15) is 9.50 Å². The number of benzene rings is 2. The van der Waals surface area contributed by atoms with Crippen LogP contribution in [0.25, 0.3) is 0 Å². The van der Waals surface area contributed by atoms with Gasteiger partial charge in [0.05, 0.1) is 11.1 Å². The lowest BCUT2D eigenvalue weighted by atomic mass is 10.0. The van der Waals surface area contributed by atoms with E-state index in [0.717, 1.165) is 16.0 Å². The summed E-state index contributed by atoms with van der Waals surface area (Å²) in [5, 5.41) is 10.4. The third-order valence-electron chi connectivity index (χ3n) is 2.91. The SMILES string of the molecule is CSc1ccccc1C(O)Cc1ccc(Cl)c(F)c1. The van der Waals surface area contributed by atoms with Gasteiger partial charge in [-0.1, -0.05) is 35.9 Å². The van der Waals surface area contributed by atoms with Crippen molar-refractivity contribution in [2.24, 2.45) is 0 Å². The Morgan fingerprint density at radius 3 is 2.68 bits per heavy atom. The predicted octanol–water partition coefficient (Wildman–Crippen LogP) is 4.48. The third kappa shape index (κ3) is 3.50. The summed E-state index contributed by atoms with van der Waals surface area (Å²) in [5.74, 6) is -0.454. The summed E-state index contributed by atoms with van der Waals surface area (Å²) in [7, 11) is 0. The average molecular weight is 297 g/mol. The summed E-state index contributed by atoms with van der Waals surface area (Å²) in [6.45, 7) is 0. The predicted molar refractivity (Wildman–Crippen MR) is 78.3 cm³/mol. The first-order valence-corrected chi connectivity index (χ1v) is 7.47. The third-order valence-corrected chi connectivity index (χ3v) is 4.03. The van der Waals surface area contributed by atoms with E-state index >= 15 is 0 Å². The lowest BCUT2D eigenvalue weighted by Crippen LogP contribution is -2.03. The van der Waals surface area contributed by atoms with Crippen LogP contribution >= 0.6 is 23.4 Å². The zero-order valence-electron chi connectivity index (χ0n) is 10.4. The molecule has 1 nitrogen and oxygen atoms in total. The molecule has 0 bridgehead atoms. The molecule has 0 radical (unpaired) electrons. The van der Waals surface area contributed by atoms with Gasteiger partial charge in [-0.3, -0.25) is 0 Å². The van der Waals surface area contributed by atoms with Gasteiger partial charge in [0.1, 0.15) is 5.82 Å². The highest BCUT2D eigenvalue weighted by molar-refractivity contribution is 7.98. The molecule has 0 saturated heterocycles. The molecule has 19 heavy (non-hydrogen) atoms. The van der Waals surface area contributed by atoms with E-state index in [1.807, 2.05) is 30.5 Å². The van der Waals surface area contributed by atoms with Crippen molar-refractivity contribution >= 4 is 23.4 Å². The van der Waals surface area contributed by atoms with Gasteiger partial charge < -0.3 is 5.11 Å². The number of rotatable bonds is 4. The Balaban J connectivity index is 2.20. The van der Waals surface area contributed by atoms with Gasteiger partial charge in [0.25, 0.3) is 0 Å². The van der Waals surface area contributed by atoms with Crippen LogP contribution in [0, 0.1) is 5.82 Å². The van der Waals surface area contributed by atoms with E-state index in [1.54, 1.807) is 17.8 Å². The summed E-state index contributed by atoms with van der Waals surface area (Å²) >= 11 is 7.23. The van der Waals surface area contributed by atoms with Gasteiger partial charge in [-0.2, -0.15) is 0 Å². The van der Waals surface area contributed by atoms with Gasteiger partial charge >= 0.3 is 0 Å². The van der Waals surface area contributed by atoms with Crippen LogP contribution in [0.3, 0.4) is 0 Å². The minimum atomic E-state index is -0.649. The molecule has 0 aliphatic rings. The zero-order valence-corrected chi connectivity index (χ0v) is 12.0. The van der Waals surface area contributed by atoms with Crippen LogP contribution in [0.4, 0.5) is 4.39 Å². The lowest BCUT2D eigenvalue weighted by molar-refractivity contribution is 0.175. The van der Waals surface area contributed by atoms with E-state index in [-0.39, 0.29) is 5.02 Å². The Morgan fingerprint density at radius 1 is 1.26 bits per heavy atom. The second-order valence-corrected chi connectivity index (χ2v) is 5.47. The molecular formula is C15H14ClFOS. The number of hydrogen-bond donors (Lipinski definition) is 1. The molecule has 0 saturated carbocycles. The van der Waals surface area contributed by atoms with Crippen molar-refractivity contribution < 1.29 is 9.50 Å². The van der Waals surface area contributed by atoms with Crippen molar-refractivity contribution in [2.45, 2.75) is 17.4 Å². The van der Waals surface area contributed by atoms with Crippen molar-refractivity contribution in [1.82, 2.24) is 0 Å². The number of halogens is 2. The Kier molecular flexibility index (Phi) is 4.86. The smallest absolute Gasteiger partial charge is 0.142 e. The maximum atomic E-state index is 13.4. The topological polar surface area (TPSA) is 20.2 Å². The maximum absolute atomic E-state index is 13.4. The first-order valence-electron chi connectivity index (χ1n) is 5.86. The Hall–Kier alpha value is -1.03. The molecular weight excluding hydrogens is 283 g/mol. The van der Waals surface area contributed by atoms with E-state index < -0.39 is 11.9 Å². The summed E-state index contributed by atoms with van der Waals surface area (Å²) in [5.41, 5.74) is 1.59. The number of thioether (sulfide) groups is 1. The molecule has 2 rings (SSSR count). The van der Waals surface area contributed by atoms with Crippen molar-refractivity contribution in [3.63, 3.8) is 0 Å². The van der Waals surface area contributed by atoms with E-state index in [0.29, 0.717) is 6.42 Å². The molecule has 1 N–H and O–H groups in total. The minimum Gasteiger partial charge on any atom is -0.388 e. The van der Waals surface area contributed by atoms with E-state index in [2.05, 4.69) is 0 Å². The van der Waals surface area contributed by atoms with E-state index in [1.165, 1.54) is 12.1 Å². The van der Waals surface area contributed by atoms with Gasteiger partial charge in [-0.15, -0.1) is 11.8 Å². The summed E-state index contributed by atoms with van der Waals surface area (Å²) in [6, 6.07) is 12.3. The molecule has 100 valence electrons. The van der Waals surface area contributed by atoms with Crippen LogP contribution in [0.15, 0.2) is 47.4 Å². The summed E-state index contributed by atoms with van der Waals surface area (Å²) in [6.07, 6.45) is 1.68. The molecule has 0 aliphatic carbocycles. The van der Waals surface area contributed by atoms with Gasteiger partial charge in [0, 0.05) is 11.3 Å². The fourth-order valence-electron chi connectivity index (χ4n) is 1.94. The zero-order chi connectivity index (χ0) is 13.8. The second-order valence-electron chi connectivity index (χ2n) is 4.21. The van der Waals surface area contributed by atoms with Crippen LogP contribution in [0.2, 0.25) is 5.02 Å². The Bertz CT molecular complexity index is 574. The van der Waals surface area contributed by atoms with Crippen molar-refractivity contribution in [3.05, 3.63) is 64.4 Å². The van der Waals surface area contributed by atoms with Crippen molar-refractivity contribution in [2.75, 3.05) is 6.26 Å². The summed E-state index contributed by atoms with van der Waals surface area (Å²) in [4.78, 5) is 1.03. The molecule has 1 atom stereocenters. The number of aliphatic hydroxyl groups excluding tert-OH is 1. The number of hydrogen-bond acceptors (Lipinski definition) is 2. The molecule has 1 unspecified atom stereocenters. The second kappa shape index (κ2) is 6.42. The van der Waals surface area contributed by atoms with Crippen molar-refractivity contribution in [3.8, 4) is 0 Å². The highest BCUT2D eigenvalue weighted by atomic mass is 35.5. The van der Waals surface area contributed by atoms with Gasteiger partial charge in [-0.05, 0) is 35.6 Å². The average Bonchev–Trinajstić information content (AvgIpc) is 2.43. The molecule has 0 aliphatic heterocycles. The lowest BCUT2D eigenvalue weighted by Gasteiger charge is -2.14. The monoisotopic (exact) mass is 296 g/mol. The van der Waals surface area contributed by atoms with Crippen LogP contribution < -0.4 is 0 Å². The Morgan fingerprint density at radius 2 is 2.00 bits per heavy atom. The molecule has 0 fully saturated rings. The fourth-order valence-corrected chi connectivity index (χ4v) is 2.71. The molecule has 0 spiro atoms. The number of aliphatic hydroxyl groups is 1. The maximum Gasteiger partial charge on any atom is 0.142 e. The Labute approximate surface area is 121 Å². The first kappa shape index (κ1) is 14.4. The quantitative estimate of drug-likeness (QED) is 0.840. The van der Waals surface area contributed by atoms with E-state index in [4.69, 9.17) is 11.6 Å². The van der Waals surface area contributed by atoms with Gasteiger partial charge in [-0.25, -0.2) is 4.39 Å². The highest BCUT2D eigenvalue weighted by Crippen LogP contribution is 2.28. The largest absolute Gasteiger partial charge is 0.388 e. The molecule has 2 aromatic carbocycles. The first-order chi connectivity index (χ1) is 9.11. The standard InChI is InChI=1S/C15H14ClFOS/c1-19-15-5-3-2-4-11(15)14(18)9-10-6-7-12(16)13(17)8-10/h2-8,14,18H,9H2,1H3. The summed E-state index contributed by atoms with van der Waals surface area (Å²) < 4.78 is 13.4. The van der Waals surface area contributed by atoms with Crippen LogP contribution in [0.1, 0.15) is 17.2 Å². The highest BCUT2D eigenvalue weighted by Gasteiger charge is 2.13.